The Hall–Kier alpha value is -3.00. The maximum absolute atomic E-state index is 12.3. The van der Waals surface area contributed by atoms with Crippen LogP contribution >= 0.6 is 0 Å². The standard InChI is InChI=1S/C30H40O12/c1-15(27(37)38)17-12-21-29(2,9-4-10-30(21,3)39)22(13-17)42-28-26(36)25(35)24(34)20(41-28)14-40-23(33)8-6-16-5-7-18(31)19(32)11-16/h5-8,11,17,20-22,24-26,28,31-32,34-36,39H,1,4,9-10,12-14H2,2-3H3,(H,37,38). The molecule has 10 atom stereocenters. The van der Waals surface area contributed by atoms with E-state index in [0.717, 1.165) is 6.08 Å². The van der Waals surface area contributed by atoms with Gasteiger partial charge in [-0.1, -0.05) is 19.6 Å². The molecule has 3 aliphatic rings. The number of carboxylic acids is 1. The van der Waals surface area contributed by atoms with Gasteiger partial charge in [0, 0.05) is 11.6 Å². The number of rotatable bonds is 8. The summed E-state index contributed by atoms with van der Waals surface area (Å²) < 4.78 is 17.2. The Kier molecular flexibility index (Phi) is 9.36. The molecule has 1 aromatic rings. The van der Waals surface area contributed by atoms with Crippen molar-refractivity contribution in [1.29, 1.82) is 0 Å². The van der Waals surface area contributed by atoms with Gasteiger partial charge in [0.1, 0.15) is 31.0 Å². The summed E-state index contributed by atoms with van der Waals surface area (Å²) in [6.45, 7) is 6.92. The van der Waals surface area contributed by atoms with E-state index >= 15 is 0 Å². The van der Waals surface area contributed by atoms with E-state index < -0.39 is 72.3 Å². The van der Waals surface area contributed by atoms with Crippen LogP contribution in [0.4, 0.5) is 0 Å². The summed E-state index contributed by atoms with van der Waals surface area (Å²) in [6.07, 6.45) is -3.44. The molecule has 0 aromatic heterocycles. The van der Waals surface area contributed by atoms with E-state index in [-0.39, 0.29) is 29.4 Å². The van der Waals surface area contributed by atoms with Gasteiger partial charge in [-0.2, -0.15) is 0 Å². The van der Waals surface area contributed by atoms with E-state index in [0.29, 0.717) is 31.2 Å². The highest BCUT2D eigenvalue weighted by Crippen LogP contribution is 2.57. The number of aliphatic hydroxyl groups excluding tert-OH is 3. The molecule has 1 heterocycles. The normalized spacial score (nSPS) is 38.5. The third-order valence-electron chi connectivity index (χ3n) is 9.24. The molecule has 232 valence electrons. The molecule has 10 unspecified atom stereocenters. The molecule has 0 radical (unpaired) electrons. The smallest absolute Gasteiger partial charge is 0.331 e. The number of hydrogen-bond acceptors (Lipinski definition) is 11. The van der Waals surface area contributed by atoms with Crippen LogP contribution in [0.3, 0.4) is 0 Å². The van der Waals surface area contributed by atoms with E-state index in [4.69, 9.17) is 14.2 Å². The molecule has 2 aliphatic carbocycles. The number of aliphatic carboxylic acids is 1. The minimum absolute atomic E-state index is 0.00653. The fourth-order valence-corrected chi connectivity index (χ4v) is 6.72. The quantitative estimate of drug-likeness (QED) is 0.130. The lowest BCUT2D eigenvalue weighted by atomic mass is 9.51. The van der Waals surface area contributed by atoms with Gasteiger partial charge in [0.15, 0.2) is 17.8 Å². The first-order valence-corrected chi connectivity index (χ1v) is 14.0. The molecule has 0 spiro atoms. The van der Waals surface area contributed by atoms with E-state index in [9.17, 15) is 45.3 Å². The van der Waals surface area contributed by atoms with Gasteiger partial charge in [-0.25, -0.2) is 9.59 Å². The van der Waals surface area contributed by atoms with Crippen LogP contribution in [0.5, 0.6) is 11.5 Å². The molecule has 4 rings (SSSR count). The first-order valence-electron chi connectivity index (χ1n) is 14.0. The van der Waals surface area contributed by atoms with Crippen molar-refractivity contribution in [2.24, 2.45) is 17.3 Å². The number of benzene rings is 1. The van der Waals surface area contributed by atoms with Gasteiger partial charge in [-0.15, -0.1) is 0 Å². The van der Waals surface area contributed by atoms with Gasteiger partial charge in [0.05, 0.1) is 11.7 Å². The van der Waals surface area contributed by atoms with Gasteiger partial charge in [-0.05, 0) is 80.1 Å². The highest BCUT2D eigenvalue weighted by molar-refractivity contribution is 5.87. The summed E-state index contributed by atoms with van der Waals surface area (Å²) >= 11 is 0. The second kappa shape index (κ2) is 12.3. The number of fused-ring (bicyclic) bond motifs is 1. The third-order valence-corrected chi connectivity index (χ3v) is 9.24. The highest BCUT2D eigenvalue weighted by atomic mass is 16.7. The Morgan fingerprint density at radius 3 is 2.45 bits per heavy atom. The number of phenols is 2. The van der Waals surface area contributed by atoms with Crippen molar-refractivity contribution in [2.45, 2.75) is 88.4 Å². The number of hydrogen-bond donors (Lipinski definition) is 7. The van der Waals surface area contributed by atoms with Crippen LogP contribution in [-0.2, 0) is 23.8 Å². The van der Waals surface area contributed by atoms with Crippen molar-refractivity contribution in [2.75, 3.05) is 6.61 Å². The van der Waals surface area contributed by atoms with Crippen LogP contribution in [0.2, 0.25) is 0 Å². The fraction of sp³-hybridized carbons (Fsp3) is 0.600. The van der Waals surface area contributed by atoms with Crippen molar-refractivity contribution < 1.29 is 59.5 Å². The van der Waals surface area contributed by atoms with Crippen molar-refractivity contribution in [3.63, 3.8) is 0 Å². The average Bonchev–Trinajstić information content (AvgIpc) is 2.93. The largest absolute Gasteiger partial charge is 0.504 e. The van der Waals surface area contributed by atoms with Crippen LogP contribution in [0, 0.1) is 17.3 Å². The predicted molar refractivity (Wildman–Crippen MR) is 147 cm³/mol. The zero-order valence-electron chi connectivity index (χ0n) is 23.6. The Bertz CT molecular complexity index is 1210. The summed E-state index contributed by atoms with van der Waals surface area (Å²) in [6, 6.07) is 3.96. The zero-order valence-corrected chi connectivity index (χ0v) is 23.6. The Morgan fingerprint density at radius 1 is 1.07 bits per heavy atom. The topological polar surface area (TPSA) is 203 Å². The average molecular weight is 593 g/mol. The number of phenolic OH excluding ortho intramolecular Hbond substituents is 2. The van der Waals surface area contributed by atoms with Crippen molar-refractivity contribution in [3.8, 4) is 11.5 Å². The number of aliphatic hydroxyl groups is 4. The van der Waals surface area contributed by atoms with Crippen molar-refractivity contribution >= 4 is 18.0 Å². The molecule has 3 fully saturated rings. The minimum Gasteiger partial charge on any atom is -0.504 e. The van der Waals surface area contributed by atoms with Crippen LogP contribution in [0.15, 0.2) is 36.4 Å². The second-order valence-electron chi connectivity index (χ2n) is 12.1. The van der Waals surface area contributed by atoms with E-state index in [2.05, 4.69) is 6.58 Å². The molecule has 0 bridgehead atoms. The summed E-state index contributed by atoms with van der Waals surface area (Å²) in [7, 11) is 0. The van der Waals surface area contributed by atoms with Crippen LogP contribution in [0.25, 0.3) is 6.08 Å². The fourth-order valence-electron chi connectivity index (χ4n) is 6.72. The SMILES string of the molecule is C=C(C(=O)O)C1CC(OC2OC(COC(=O)C=Cc3ccc(O)c(O)c3)C(O)C(O)C2O)C2(C)CCCC(C)(O)C2C1. The molecule has 1 aromatic carbocycles. The molecule has 1 aliphatic heterocycles. The molecule has 2 saturated carbocycles. The first-order chi connectivity index (χ1) is 19.6. The maximum Gasteiger partial charge on any atom is 0.331 e. The number of carboxylic acid groups (broad SMARTS) is 1. The Morgan fingerprint density at radius 2 is 1.79 bits per heavy atom. The van der Waals surface area contributed by atoms with Crippen LogP contribution in [-0.4, -0.2) is 96.7 Å². The molecule has 7 N–H and O–H groups in total. The number of carbonyl (C=O) groups is 2. The molecular weight excluding hydrogens is 552 g/mol. The molecule has 12 nitrogen and oxygen atoms in total. The number of aromatic hydroxyl groups is 2. The van der Waals surface area contributed by atoms with Gasteiger partial charge in [0.2, 0.25) is 0 Å². The first kappa shape index (κ1) is 31.9. The lowest BCUT2D eigenvalue weighted by Gasteiger charge is -2.58. The third kappa shape index (κ3) is 6.48. The van der Waals surface area contributed by atoms with Gasteiger partial charge in [0.25, 0.3) is 0 Å². The monoisotopic (exact) mass is 592 g/mol. The van der Waals surface area contributed by atoms with Gasteiger partial charge >= 0.3 is 11.9 Å². The van der Waals surface area contributed by atoms with Crippen LogP contribution < -0.4 is 0 Å². The van der Waals surface area contributed by atoms with Crippen molar-refractivity contribution in [3.05, 3.63) is 42.0 Å². The summed E-state index contributed by atoms with van der Waals surface area (Å²) in [5.41, 5.74) is -1.30. The summed E-state index contributed by atoms with van der Waals surface area (Å²) in [5, 5.41) is 71.7. The zero-order chi connectivity index (χ0) is 31.0. The summed E-state index contributed by atoms with van der Waals surface area (Å²) in [5.74, 6) is -3.50. The number of esters is 1. The van der Waals surface area contributed by atoms with E-state index in [1.54, 1.807) is 6.92 Å². The highest BCUT2D eigenvalue weighted by Gasteiger charge is 2.58. The second-order valence-corrected chi connectivity index (χ2v) is 12.1. The predicted octanol–water partition coefficient (Wildman–Crippen LogP) is 1.46. The maximum atomic E-state index is 12.3. The number of carbonyl (C=O) groups excluding carboxylic acids is 1. The van der Waals surface area contributed by atoms with E-state index in [1.165, 1.54) is 24.3 Å². The Balaban J connectivity index is 1.47. The molecule has 42 heavy (non-hydrogen) atoms. The molecule has 0 amide bonds. The summed E-state index contributed by atoms with van der Waals surface area (Å²) in [4.78, 5) is 24.1. The minimum atomic E-state index is -1.70. The van der Waals surface area contributed by atoms with Crippen LogP contribution in [0.1, 0.15) is 51.5 Å². The lowest BCUT2D eigenvalue weighted by molar-refractivity contribution is -0.330. The van der Waals surface area contributed by atoms with E-state index in [1.807, 2.05) is 6.92 Å². The van der Waals surface area contributed by atoms with Crippen molar-refractivity contribution in [1.82, 2.24) is 0 Å². The molecule has 1 saturated heterocycles. The lowest BCUT2D eigenvalue weighted by Crippen LogP contribution is -2.63. The van der Waals surface area contributed by atoms with Gasteiger partial charge in [-0.3, -0.25) is 0 Å². The Labute approximate surface area is 243 Å². The van der Waals surface area contributed by atoms with Gasteiger partial charge < -0.3 is 50.0 Å². The molecular formula is C30H40O12. The number of ether oxygens (including phenoxy) is 3. The molecule has 12 heteroatoms.